The van der Waals surface area contributed by atoms with Crippen LogP contribution in [0.5, 0.6) is 0 Å². The number of hydrogen-bond acceptors (Lipinski definition) is 6. The van der Waals surface area contributed by atoms with Crippen molar-refractivity contribution in [2.24, 2.45) is 0 Å². The average molecular weight is 349 g/mol. The lowest BCUT2D eigenvalue weighted by Crippen LogP contribution is -1.84. The number of nitrogens with zero attached hydrogens (tertiary/aromatic N) is 2. The maximum absolute atomic E-state index is 6.11. The molecular weight excluding hydrogens is 336 g/mol. The molecule has 2 aromatic rings. The molecule has 102 valence electrons. The SMILES string of the molecule is CSc1nnc(SCCCSc2ccccc2Cl)s1. The molecular formula is C12H13ClN2S4. The largest absolute Gasteiger partial charge is 0.175 e. The Morgan fingerprint density at radius 2 is 1.84 bits per heavy atom. The fourth-order valence-electron chi connectivity index (χ4n) is 1.30. The molecule has 0 aliphatic carbocycles. The first-order valence-corrected chi connectivity index (χ1v) is 10.1. The van der Waals surface area contributed by atoms with Crippen LogP contribution >= 0.6 is 58.2 Å². The third kappa shape index (κ3) is 5.19. The molecule has 0 atom stereocenters. The van der Waals surface area contributed by atoms with Crippen LogP contribution in [0.4, 0.5) is 0 Å². The quantitative estimate of drug-likeness (QED) is 0.506. The fourth-order valence-corrected chi connectivity index (χ4v) is 5.12. The van der Waals surface area contributed by atoms with Crippen molar-refractivity contribution >= 4 is 58.2 Å². The minimum Gasteiger partial charge on any atom is -0.131 e. The highest BCUT2D eigenvalue weighted by atomic mass is 35.5. The Balaban J connectivity index is 1.66. The van der Waals surface area contributed by atoms with Gasteiger partial charge in [-0.1, -0.05) is 58.6 Å². The average Bonchev–Trinajstić information content (AvgIpc) is 2.88. The molecule has 19 heavy (non-hydrogen) atoms. The lowest BCUT2D eigenvalue weighted by atomic mass is 10.4. The van der Waals surface area contributed by atoms with Gasteiger partial charge in [-0.15, -0.1) is 22.0 Å². The molecule has 1 aromatic carbocycles. The predicted molar refractivity (Wildman–Crippen MR) is 89.2 cm³/mol. The Labute approximate surface area is 135 Å². The van der Waals surface area contributed by atoms with Gasteiger partial charge >= 0.3 is 0 Å². The summed E-state index contributed by atoms with van der Waals surface area (Å²) < 4.78 is 2.10. The van der Waals surface area contributed by atoms with Crippen LogP contribution in [0.1, 0.15) is 6.42 Å². The summed E-state index contributed by atoms with van der Waals surface area (Å²) in [4.78, 5) is 1.16. The zero-order valence-corrected chi connectivity index (χ0v) is 14.4. The van der Waals surface area contributed by atoms with E-state index >= 15 is 0 Å². The van der Waals surface area contributed by atoms with Crippen molar-refractivity contribution < 1.29 is 0 Å². The lowest BCUT2D eigenvalue weighted by Gasteiger charge is -2.02. The third-order valence-corrected chi connectivity index (χ3v) is 6.89. The Hall–Kier alpha value is 0.120. The van der Waals surface area contributed by atoms with Crippen molar-refractivity contribution in [3.8, 4) is 0 Å². The van der Waals surface area contributed by atoms with Crippen molar-refractivity contribution in [3.05, 3.63) is 29.3 Å². The molecule has 0 amide bonds. The Bertz CT molecular complexity index is 518. The van der Waals surface area contributed by atoms with Crippen LogP contribution in [0.25, 0.3) is 0 Å². The molecule has 1 heterocycles. The Morgan fingerprint density at radius 1 is 1.11 bits per heavy atom. The van der Waals surface area contributed by atoms with E-state index in [4.69, 9.17) is 11.6 Å². The van der Waals surface area contributed by atoms with Crippen molar-refractivity contribution in [3.63, 3.8) is 0 Å². The van der Waals surface area contributed by atoms with Crippen LogP contribution in [0.2, 0.25) is 5.02 Å². The highest BCUT2D eigenvalue weighted by Gasteiger charge is 2.04. The van der Waals surface area contributed by atoms with E-state index in [0.29, 0.717) is 0 Å². The Kier molecular flexibility index (Phi) is 6.87. The van der Waals surface area contributed by atoms with Gasteiger partial charge in [-0.05, 0) is 30.6 Å². The van der Waals surface area contributed by atoms with E-state index in [1.165, 1.54) is 0 Å². The maximum Gasteiger partial charge on any atom is 0.175 e. The molecule has 0 saturated heterocycles. The van der Waals surface area contributed by atoms with Crippen molar-refractivity contribution in [2.45, 2.75) is 20.0 Å². The van der Waals surface area contributed by atoms with Gasteiger partial charge in [0, 0.05) is 10.6 Å². The normalized spacial score (nSPS) is 10.8. The number of halogens is 1. The summed E-state index contributed by atoms with van der Waals surface area (Å²) in [7, 11) is 0. The summed E-state index contributed by atoms with van der Waals surface area (Å²) in [6.45, 7) is 0. The molecule has 0 fully saturated rings. The molecule has 2 rings (SSSR count). The molecule has 0 saturated carbocycles. The second-order valence-electron chi connectivity index (χ2n) is 3.52. The number of hydrogen-bond donors (Lipinski definition) is 0. The topological polar surface area (TPSA) is 25.8 Å². The summed E-state index contributed by atoms with van der Waals surface area (Å²) in [6, 6.07) is 7.98. The van der Waals surface area contributed by atoms with E-state index in [-0.39, 0.29) is 0 Å². The van der Waals surface area contributed by atoms with Gasteiger partial charge in [-0.25, -0.2) is 0 Å². The molecule has 0 radical (unpaired) electrons. The van der Waals surface area contributed by atoms with Gasteiger partial charge < -0.3 is 0 Å². The summed E-state index contributed by atoms with van der Waals surface area (Å²) in [5.41, 5.74) is 0. The monoisotopic (exact) mass is 348 g/mol. The highest BCUT2D eigenvalue weighted by molar-refractivity contribution is 8.03. The second kappa shape index (κ2) is 8.42. The van der Waals surface area contributed by atoms with E-state index in [0.717, 1.165) is 36.5 Å². The number of thioether (sulfide) groups is 3. The van der Waals surface area contributed by atoms with Gasteiger partial charge in [0.2, 0.25) is 0 Å². The van der Waals surface area contributed by atoms with Crippen molar-refractivity contribution in [1.82, 2.24) is 10.2 Å². The summed E-state index contributed by atoms with van der Waals surface area (Å²) >= 11 is 13.0. The van der Waals surface area contributed by atoms with Crippen LogP contribution in [0, 0.1) is 0 Å². The van der Waals surface area contributed by atoms with Crippen LogP contribution in [0.15, 0.2) is 37.8 Å². The van der Waals surface area contributed by atoms with Gasteiger partial charge in [0.25, 0.3) is 0 Å². The smallest absolute Gasteiger partial charge is 0.131 e. The third-order valence-electron chi connectivity index (χ3n) is 2.17. The minimum atomic E-state index is 0.842. The Morgan fingerprint density at radius 3 is 2.58 bits per heavy atom. The standard InChI is InChI=1S/C12H13ClN2S4/c1-16-11-14-15-12(19-11)18-8-4-7-17-10-6-3-2-5-9(10)13/h2-3,5-6H,4,7-8H2,1H3. The number of rotatable bonds is 7. The van der Waals surface area contributed by atoms with Crippen molar-refractivity contribution in [2.75, 3.05) is 17.8 Å². The molecule has 0 aliphatic heterocycles. The molecule has 0 N–H and O–H groups in total. The predicted octanol–water partition coefficient (Wildman–Crippen LogP) is 5.19. The second-order valence-corrected chi connectivity index (χ2v) is 8.44. The molecule has 0 spiro atoms. The van der Waals surface area contributed by atoms with Gasteiger partial charge in [-0.3, -0.25) is 0 Å². The first-order valence-electron chi connectivity index (χ1n) is 5.67. The zero-order valence-electron chi connectivity index (χ0n) is 10.3. The molecule has 7 heteroatoms. The number of benzene rings is 1. The van der Waals surface area contributed by atoms with E-state index in [2.05, 4.69) is 16.3 Å². The zero-order chi connectivity index (χ0) is 13.5. The molecule has 0 bridgehead atoms. The van der Waals surface area contributed by atoms with Gasteiger partial charge in [0.15, 0.2) is 8.68 Å². The molecule has 2 nitrogen and oxygen atoms in total. The first-order chi connectivity index (χ1) is 9.29. The van der Waals surface area contributed by atoms with E-state index in [1.54, 1.807) is 34.9 Å². The molecule has 0 aliphatic rings. The summed E-state index contributed by atoms with van der Waals surface area (Å²) in [6.07, 6.45) is 3.16. The highest BCUT2D eigenvalue weighted by Crippen LogP contribution is 2.30. The van der Waals surface area contributed by atoms with Crippen LogP contribution < -0.4 is 0 Å². The van der Waals surface area contributed by atoms with Crippen LogP contribution in [-0.4, -0.2) is 28.0 Å². The van der Waals surface area contributed by atoms with Gasteiger partial charge in [0.05, 0.1) is 5.02 Å². The maximum atomic E-state index is 6.11. The van der Waals surface area contributed by atoms with Crippen LogP contribution in [0.3, 0.4) is 0 Å². The first kappa shape index (κ1) is 15.5. The minimum absolute atomic E-state index is 0.842. The summed E-state index contributed by atoms with van der Waals surface area (Å²) in [5.74, 6) is 2.14. The molecule has 0 unspecified atom stereocenters. The molecule has 1 aromatic heterocycles. The number of aromatic nitrogens is 2. The van der Waals surface area contributed by atoms with Crippen LogP contribution in [-0.2, 0) is 0 Å². The van der Waals surface area contributed by atoms with Crippen molar-refractivity contribution in [1.29, 1.82) is 0 Å². The van der Waals surface area contributed by atoms with E-state index in [9.17, 15) is 0 Å². The van der Waals surface area contributed by atoms with Gasteiger partial charge in [0.1, 0.15) is 0 Å². The fraction of sp³-hybridized carbons (Fsp3) is 0.333. The summed E-state index contributed by atoms with van der Waals surface area (Å²) in [5, 5.41) is 9.06. The van der Waals surface area contributed by atoms with E-state index < -0.39 is 0 Å². The van der Waals surface area contributed by atoms with E-state index in [1.807, 2.05) is 36.2 Å². The van der Waals surface area contributed by atoms with Gasteiger partial charge in [-0.2, -0.15) is 0 Å². The lowest BCUT2D eigenvalue weighted by molar-refractivity contribution is 0.954.